The van der Waals surface area contributed by atoms with Crippen LogP contribution < -0.4 is 15.4 Å². The van der Waals surface area contributed by atoms with Crippen molar-refractivity contribution in [2.45, 2.75) is 109 Å². The van der Waals surface area contributed by atoms with Gasteiger partial charge in [-0.1, -0.05) is 33.8 Å². The van der Waals surface area contributed by atoms with Crippen LogP contribution in [0.4, 0.5) is 9.18 Å². The number of likely N-dealkylation sites (tertiary alicyclic amines) is 2. The summed E-state index contributed by atoms with van der Waals surface area (Å²) in [6.07, 6.45) is 6.33. The number of hydrogen-bond acceptors (Lipinski definition) is 11. The average molecular weight is 948 g/mol. The molecular formula is C50H58FN9O7S. The van der Waals surface area contributed by atoms with Crippen molar-refractivity contribution in [3.05, 3.63) is 88.1 Å². The number of ether oxygens (including phenoxy) is 3. The van der Waals surface area contributed by atoms with Gasteiger partial charge in [-0.25, -0.2) is 19.2 Å². The number of benzene rings is 2. The molecule has 3 aliphatic heterocycles. The Balaban J connectivity index is 0.962. The summed E-state index contributed by atoms with van der Waals surface area (Å²) in [5.74, 6) is 1.21. The molecule has 0 radical (unpaired) electrons. The molecule has 68 heavy (non-hydrogen) atoms. The molecule has 18 heteroatoms. The Morgan fingerprint density at radius 2 is 1.46 bits per heavy atom. The van der Waals surface area contributed by atoms with Gasteiger partial charge in [0.15, 0.2) is 0 Å². The lowest BCUT2D eigenvalue weighted by Crippen LogP contribution is -2.52. The zero-order valence-corrected chi connectivity index (χ0v) is 39.9. The number of aromatic nitrogens is 5. The highest BCUT2D eigenvalue weighted by atomic mass is 32.1. The van der Waals surface area contributed by atoms with E-state index < -0.39 is 36.6 Å². The molecule has 16 nitrogen and oxygen atoms in total. The van der Waals surface area contributed by atoms with Gasteiger partial charge in [-0.05, 0) is 98.7 Å². The molecule has 0 bridgehead atoms. The highest BCUT2D eigenvalue weighted by molar-refractivity contribution is 7.12. The number of carbonyl (C=O) groups excluding carboxylic acids is 3. The van der Waals surface area contributed by atoms with E-state index in [4.69, 9.17) is 24.2 Å². The minimum absolute atomic E-state index is 0.112. The summed E-state index contributed by atoms with van der Waals surface area (Å²) in [5.41, 5.74) is 4.75. The zero-order valence-electron chi connectivity index (χ0n) is 39.0. The first-order valence-electron chi connectivity index (χ1n) is 23.6. The second-order valence-corrected chi connectivity index (χ2v) is 20.2. The Hall–Kier alpha value is -6.08. The van der Waals surface area contributed by atoms with Crippen molar-refractivity contribution < 1.29 is 38.1 Å². The van der Waals surface area contributed by atoms with E-state index in [1.54, 1.807) is 33.5 Å². The highest BCUT2D eigenvalue weighted by Gasteiger charge is 2.40. The largest absolute Gasteiger partial charge is 0.464 e. The fraction of sp³-hybridized carbons (Fsp3) is 0.460. The molecule has 4 aromatic heterocycles. The number of aliphatic hydroxyl groups is 1. The fourth-order valence-electron chi connectivity index (χ4n) is 10.1. The van der Waals surface area contributed by atoms with Gasteiger partial charge < -0.3 is 44.4 Å². The quantitative estimate of drug-likeness (QED) is 0.0664. The summed E-state index contributed by atoms with van der Waals surface area (Å²) in [6, 6.07) is 13.8. The van der Waals surface area contributed by atoms with E-state index >= 15 is 4.39 Å². The van der Waals surface area contributed by atoms with Gasteiger partial charge in [0, 0.05) is 41.6 Å². The number of imidazole rings is 2. The van der Waals surface area contributed by atoms with Crippen LogP contribution in [-0.2, 0) is 19.1 Å². The smallest absolute Gasteiger partial charge is 0.407 e. The lowest BCUT2D eigenvalue weighted by molar-refractivity contribution is -0.145. The predicted molar refractivity (Wildman–Crippen MR) is 254 cm³/mol. The van der Waals surface area contributed by atoms with Crippen LogP contribution >= 0.6 is 11.3 Å². The SMILES string of the molecule is COC(=O)N[C@H](C(=O)N1CCC[C@H]1c1ncc(-c2ccc3c(c2)cc2n3[C@H](c3ccc(C4CC4)s3)Oc3cc(-c4cnc(C5CCCN5C(=O)[C@@H](NC(O)OC)C(C)C)[nH]4)cc(F)c3-2)[nH]1)C(C)C. The molecule has 0 spiro atoms. The third kappa shape index (κ3) is 8.45. The minimum atomic E-state index is -1.28. The van der Waals surface area contributed by atoms with Crippen molar-refractivity contribution in [2.24, 2.45) is 11.8 Å². The predicted octanol–water partition coefficient (Wildman–Crippen LogP) is 8.35. The number of nitrogens with one attached hydrogen (secondary N) is 4. The van der Waals surface area contributed by atoms with Crippen molar-refractivity contribution in [1.29, 1.82) is 0 Å². The Bertz CT molecular complexity index is 2860. The molecule has 6 atom stereocenters. The highest BCUT2D eigenvalue weighted by Crippen LogP contribution is 2.50. The summed E-state index contributed by atoms with van der Waals surface area (Å²) >= 11 is 1.74. The number of aliphatic hydroxyl groups excluding tert-OH is 1. The fourth-order valence-corrected chi connectivity index (χ4v) is 11.3. The van der Waals surface area contributed by atoms with E-state index in [0.717, 1.165) is 46.3 Å². The third-order valence-electron chi connectivity index (χ3n) is 13.9. The van der Waals surface area contributed by atoms with Gasteiger partial charge in [-0.2, -0.15) is 0 Å². The maximum absolute atomic E-state index is 16.9. The topological polar surface area (TPSA) is 192 Å². The average Bonchev–Trinajstić information content (AvgIpc) is 4.05. The summed E-state index contributed by atoms with van der Waals surface area (Å²) in [4.78, 5) is 62.1. The molecule has 2 saturated heterocycles. The van der Waals surface area contributed by atoms with Crippen LogP contribution in [0.3, 0.4) is 0 Å². The molecule has 10 rings (SSSR count). The normalized spacial score (nSPS) is 20.4. The van der Waals surface area contributed by atoms with Crippen LogP contribution in [0, 0.1) is 17.7 Å². The number of thiophene rings is 1. The number of carbonyl (C=O) groups is 3. The first-order chi connectivity index (χ1) is 32.8. The van der Waals surface area contributed by atoms with E-state index in [1.807, 2.05) is 52.0 Å². The third-order valence-corrected chi connectivity index (χ3v) is 15.2. The van der Waals surface area contributed by atoms with Crippen LogP contribution in [-0.4, -0.2) is 103 Å². The van der Waals surface area contributed by atoms with Gasteiger partial charge in [0.2, 0.25) is 24.5 Å². The summed E-state index contributed by atoms with van der Waals surface area (Å²) < 4.78 is 35.7. The number of rotatable bonds is 14. The number of nitrogens with zero attached hydrogens (tertiary/aromatic N) is 5. The Kier molecular flexibility index (Phi) is 12.4. The van der Waals surface area contributed by atoms with E-state index in [0.29, 0.717) is 65.3 Å². The molecule has 5 N–H and O–H groups in total. The summed E-state index contributed by atoms with van der Waals surface area (Å²) in [5, 5.41) is 16.6. The molecule has 3 fully saturated rings. The van der Waals surface area contributed by atoms with Gasteiger partial charge in [0.25, 0.3) is 0 Å². The van der Waals surface area contributed by atoms with Crippen molar-refractivity contribution >= 4 is 40.1 Å². The molecule has 4 aliphatic rings. The molecule has 7 heterocycles. The van der Waals surface area contributed by atoms with Crippen molar-refractivity contribution in [2.75, 3.05) is 27.3 Å². The number of amides is 3. The van der Waals surface area contributed by atoms with E-state index in [2.05, 4.69) is 43.4 Å². The zero-order chi connectivity index (χ0) is 47.5. The van der Waals surface area contributed by atoms with Crippen LogP contribution in [0.25, 0.3) is 44.7 Å². The Labute approximate surface area is 397 Å². The molecule has 3 amide bonds. The number of fused-ring (bicyclic) bond motifs is 5. The lowest BCUT2D eigenvalue weighted by Gasteiger charge is -2.31. The summed E-state index contributed by atoms with van der Waals surface area (Å²) in [6.45, 7) is 8.70. The molecule has 1 saturated carbocycles. The number of halogens is 1. The molecule has 1 aliphatic carbocycles. The Morgan fingerprint density at radius 3 is 2.07 bits per heavy atom. The Morgan fingerprint density at radius 1 is 0.824 bits per heavy atom. The van der Waals surface area contributed by atoms with Gasteiger partial charge in [-0.15, -0.1) is 11.3 Å². The molecular weight excluding hydrogens is 890 g/mol. The molecule has 358 valence electrons. The lowest BCUT2D eigenvalue weighted by atomic mass is 10.0. The maximum atomic E-state index is 16.9. The second-order valence-electron chi connectivity index (χ2n) is 19.1. The van der Waals surface area contributed by atoms with E-state index in [-0.39, 0.29) is 35.7 Å². The monoisotopic (exact) mass is 947 g/mol. The van der Waals surface area contributed by atoms with Crippen LogP contribution in [0.5, 0.6) is 5.75 Å². The number of alkyl carbamates (subject to hydrolysis) is 1. The van der Waals surface area contributed by atoms with E-state index in [1.165, 1.54) is 38.0 Å². The molecule has 2 unspecified atom stereocenters. The van der Waals surface area contributed by atoms with Gasteiger partial charge in [0.1, 0.15) is 29.3 Å². The number of hydrogen-bond donors (Lipinski definition) is 5. The number of aromatic amines is 2. The van der Waals surface area contributed by atoms with Gasteiger partial charge >= 0.3 is 6.09 Å². The van der Waals surface area contributed by atoms with Crippen LogP contribution in [0.2, 0.25) is 0 Å². The molecule has 2 aromatic carbocycles. The number of methoxy groups -OCH3 is 2. The van der Waals surface area contributed by atoms with Crippen molar-refractivity contribution in [3.63, 3.8) is 0 Å². The van der Waals surface area contributed by atoms with Gasteiger partial charge in [-0.3, -0.25) is 19.5 Å². The van der Waals surface area contributed by atoms with Gasteiger partial charge in [0.05, 0.1) is 70.7 Å². The maximum Gasteiger partial charge on any atom is 0.407 e. The van der Waals surface area contributed by atoms with Crippen LogP contribution in [0.15, 0.2) is 60.9 Å². The second kappa shape index (κ2) is 18.4. The number of H-pyrrole nitrogens is 2. The standard InChI is InChI=1S/C50H58FN9O7S/c1-25(2)42(56-49(63)65-5)46(61)58-17-7-9-35(58)44-52-23-32(54-44)28-13-14-34-30(19-28)21-37-41-31(51)20-29(22-38(41)67-48(60(34)37)40-16-15-39(68-40)27-11-12-27)33-24-53-45(55-33)36-10-8-18-59(36)47(62)43(26(3)4)57-50(64)66-6/h13-16,19-27,35-36,42-43,48,50,57,64H,7-12,17-18H2,1-6H3,(H,52,54)(H,53,55)(H,56,63)/t35-,36?,42-,43-,48-,50?/m0/s1. The van der Waals surface area contributed by atoms with Crippen LogP contribution in [0.1, 0.15) is 112 Å². The van der Waals surface area contributed by atoms with Crippen molar-refractivity contribution in [1.82, 2.24) is 44.9 Å². The minimum Gasteiger partial charge on any atom is -0.464 e. The van der Waals surface area contributed by atoms with E-state index in [9.17, 15) is 19.5 Å². The first kappa shape index (κ1) is 45.7. The molecule has 6 aromatic rings. The summed E-state index contributed by atoms with van der Waals surface area (Å²) in [7, 11) is 2.65. The first-order valence-corrected chi connectivity index (χ1v) is 24.4. The van der Waals surface area contributed by atoms with Crippen molar-refractivity contribution in [3.8, 4) is 39.5 Å².